The van der Waals surface area contributed by atoms with Crippen LogP contribution in [0, 0.1) is 0 Å². The molecule has 5 heteroatoms. The van der Waals surface area contributed by atoms with Crippen molar-refractivity contribution in [3.05, 3.63) is 36.0 Å². The summed E-state index contributed by atoms with van der Waals surface area (Å²) in [6, 6.07) is 9.95. The van der Waals surface area contributed by atoms with E-state index in [0.29, 0.717) is 11.8 Å². The van der Waals surface area contributed by atoms with Crippen molar-refractivity contribution in [1.82, 2.24) is 14.8 Å². The van der Waals surface area contributed by atoms with Crippen molar-refractivity contribution < 1.29 is 9.53 Å². The van der Waals surface area contributed by atoms with Crippen LogP contribution in [0.4, 0.5) is 0 Å². The second-order valence-corrected chi connectivity index (χ2v) is 6.51. The molecule has 2 heterocycles. The number of aromatic nitrogens is 1. The molecule has 0 spiro atoms. The fraction of sp³-hybridized carbons (Fsp3) is 0.526. The zero-order valence-corrected chi connectivity index (χ0v) is 14.6. The van der Waals surface area contributed by atoms with Gasteiger partial charge in [0.15, 0.2) is 0 Å². The topological polar surface area (TPSA) is 48.6 Å². The van der Waals surface area contributed by atoms with Crippen LogP contribution in [0.5, 0.6) is 0 Å². The van der Waals surface area contributed by atoms with E-state index in [9.17, 15) is 4.79 Å². The molecule has 0 radical (unpaired) electrons. The zero-order valence-electron chi connectivity index (χ0n) is 14.6. The van der Waals surface area contributed by atoms with E-state index >= 15 is 0 Å². The fourth-order valence-electron chi connectivity index (χ4n) is 3.39. The largest absolute Gasteiger partial charge is 0.380 e. The highest BCUT2D eigenvalue weighted by Crippen LogP contribution is 2.17. The molecule has 1 unspecified atom stereocenters. The van der Waals surface area contributed by atoms with Crippen LogP contribution in [0.25, 0.3) is 10.9 Å². The van der Waals surface area contributed by atoms with Crippen molar-refractivity contribution >= 4 is 16.8 Å². The highest BCUT2D eigenvalue weighted by atomic mass is 16.5. The highest BCUT2D eigenvalue weighted by molar-refractivity contribution is 5.98. The van der Waals surface area contributed by atoms with E-state index in [1.807, 2.05) is 35.2 Å². The van der Waals surface area contributed by atoms with E-state index in [1.165, 1.54) is 0 Å². The molecule has 24 heavy (non-hydrogen) atoms. The standard InChI is InChI=1S/C19H27N3O2/c1-3-6-16(24-2)14-21-9-11-22(12-10-21)19(23)18-13-15-7-4-5-8-17(15)20-18/h4-5,7-8,13,16,20H,3,6,9-12,14H2,1-2H3. The van der Waals surface area contributed by atoms with E-state index in [4.69, 9.17) is 4.74 Å². The number of hydrogen-bond donors (Lipinski definition) is 1. The number of benzene rings is 1. The van der Waals surface area contributed by atoms with Crippen LogP contribution in [0.15, 0.2) is 30.3 Å². The van der Waals surface area contributed by atoms with E-state index in [-0.39, 0.29) is 5.91 Å². The first-order chi connectivity index (χ1) is 11.7. The van der Waals surface area contributed by atoms with Gasteiger partial charge < -0.3 is 14.6 Å². The maximum atomic E-state index is 12.7. The van der Waals surface area contributed by atoms with Gasteiger partial charge in [-0.1, -0.05) is 31.5 Å². The number of hydrogen-bond acceptors (Lipinski definition) is 3. The summed E-state index contributed by atoms with van der Waals surface area (Å²) in [6.45, 7) is 6.51. The molecule has 1 atom stereocenters. The first-order valence-corrected chi connectivity index (χ1v) is 8.83. The van der Waals surface area contributed by atoms with Gasteiger partial charge in [-0.3, -0.25) is 9.69 Å². The third kappa shape index (κ3) is 3.79. The molecule has 1 amide bonds. The van der Waals surface area contributed by atoms with E-state index in [0.717, 1.165) is 56.5 Å². The Morgan fingerprint density at radius 1 is 1.25 bits per heavy atom. The van der Waals surface area contributed by atoms with Crippen LogP contribution >= 0.6 is 0 Å². The summed E-state index contributed by atoms with van der Waals surface area (Å²) in [7, 11) is 1.79. The van der Waals surface area contributed by atoms with Gasteiger partial charge in [-0.05, 0) is 18.6 Å². The maximum Gasteiger partial charge on any atom is 0.270 e. The van der Waals surface area contributed by atoms with Gasteiger partial charge in [0, 0.05) is 50.7 Å². The molecule has 1 N–H and O–H groups in total. The molecule has 0 aliphatic carbocycles. The fourth-order valence-corrected chi connectivity index (χ4v) is 3.39. The summed E-state index contributed by atoms with van der Waals surface area (Å²) < 4.78 is 5.54. The summed E-state index contributed by atoms with van der Waals surface area (Å²) in [5, 5.41) is 1.09. The molecular formula is C19H27N3O2. The Labute approximate surface area is 143 Å². The summed E-state index contributed by atoms with van der Waals surface area (Å²) >= 11 is 0. The third-order valence-electron chi connectivity index (χ3n) is 4.83. The van der Waals surface area contributed by atoms with Gasteiger partial charge >= 0.3 is 0 Å². The number of amides is 1. The predicted molar refractivity (Wildman–Crippen MR) is 96.3 cm³/mol. The molecule has 1 aliphatic heterocycles. The third-order valence-corrected chi connectivity index (χ3v) is 4.83. The van der Waals surface area contributed by atoms with E-state index < -0.39 is 0 Å². The Kier molecular flexibility index (Phi) is 5.53. The smallest absolute Gasteiger partial charge is 0.270 e. The van der Waals surface area contributed by atoms with Gasteiger partial charge in [-0.2, -0.15) is 0 Å². The molecule has 1 aliphatic rings. The number of carbonyl (C=O) groups is 1. The number of nitrogens with one attached hydrogen (secondary N) is 1. The number of piperazine rings is 1. The number of methoxy groups -OCH3 is 1. The first kappa shape index (κ1) is 17.0. The van der Waals surface area contributed by atoms with Crippen molar-refractivity contribution in [2.75, 3.05) is 39.8 Å². The Morgan fingerprint density at radius 3 is 2.67 bits per heavy atom. The number of aromatic amines is 1. The monoisotopic (exact) mass is 329 g/mol. The van der Waals surface area contributed by atoms with Gasteiger partial charge in [0.1, 0.15) is 5.69 Å². The van der Waals surface area contributed by atoms with Crippen LogP contribution in [-0.4, -0.2) is 66.6 Å². The van der Waals surface area contributed by atoms with E-state index in [1.54, 1.807) is 7.11 Å². The number of fused-ring (bicyclic) bond motifs is 1. The minimum absolute atomic E-state index is 0.0997. The van der Waals surface area contributed by atoms with Gasteiger partial charge in [0.05, 0.1) is 6.10 Å². The van der Waals surface area contributed by atoms with E-state index in [2.05, 4.69) is 16.8 Å². The molecule has 1 aromatic carbocycles. The SMILES string of the molecule is CCCC(CN1CCN(C(=O)c2cc3ccccc3[nH]2)CC1)OC. The highest BCUT2D eigenvalue weighted by Gasteiger charge is 2.24. The molecule has 1 fully saturated rings. The summed E-state index contributed by atoms with van der Waals surface area (Å²) in [5.41, 5.74) is 1.70. The maximum absolute atomic E-state index is 12.7. The quantitative estimate of drug-likeness (QED) is 0.886. The van der Waals surface area contributed by atoms with Gasteiger partial charge in [0.2, 0.25) is 0 Å². The second-order valence-electron chi connectivity index (χ2n) is 6.51. The minimum atomic E-state index is 0.0997. The molecule has 0 bridgehead atoms. The Hall–Kier alpha value is -1.85. The Bertz CT molecular complexity index is 641. The lowest BCUT2D eigenvalue weighted by Gasteiger charge is -2.36. The summed E-state index contributed by atoms with van der Waals surface area (Å²) in [4.78, 5) is 20.3. The number of ether oxygens (including phenoxy) is 1. The van der Waals surface area contributed by atoms with Crippen molar-refractivity contribution in [2.24, 2.45) is 0 Å². The molecule has 130 valence electrons. The molecular weight excluding hydrogens is 302 g/mol. The average molecular weight is 329 g/mol. The van der Waals surface area contributed by atoms with Crippen LogP contribution in [0.1, 0.15) is 30.3 Å². The molecule has 1 aromatic heterocycles. The number of H-pyrrole nitrogens is 1. The van der Waals surface area contributed by atoms with Gasteiger partial charge in [0.25, 0.3) is 5.91 Å². The molecule has 1 saturated heterocycles. The number of carbonyl (C=O) groups excluding carboxylic acids is 1. The lowest BCUT2D eigenvalue weighted by atomic mass is 10.2. The predicted octanol–water partition coefficient (Wildman–Crippen LogP) is 2.74. The second kappa shape index (κ2) is 7.81. The zero-order chi connectivity index (χ0) is 16.9. The van der Waals surface area contributed by atoms with Crippen molar-refractivity contribution in [1.29, 1.82) is 0 Å². The van der Waals surface area contributed by atoms with Crippen molar-refractivity contribution in [3.8, 4) is 0 Å². The average Bonchev–Trinajstić information content (AvgIpc) is 3.05. The van der Waals surface area contributed by atoms with Crippen molar-refractivity contribution in [3.63, 3.8) is 0 Å². The lowest BCUT2D eigenvalue weighted by molar-refractivity contribution is 0.0343. The number of para-hydroxylation sites is 1. The summed E-state index contributed by atoms with van der Waals surface area (Å²) in [5.74, 6) is 0.0997. The van der Waals surface area contributed by atoms with Crippen LogP contribution < -0.4 is 0 Å². The molecule has 0 saturated carbocycles. The Balaban J connectivity index is 1.57. The van der Waals surface area contributed by atoms with Gasteiger partial charge in [-0.15, -0.1) is 0 Å². The number of nitrogens with zero attached hydrogens (tertiary/aromatic N) is 2. The molecule has 2 aromatic rings. The lowest BCUT2D eigenvalue weighted by Crippen LogP contribution is -2.50. The Morgan fingerprint density at radius 2 is 2.00 bits per heavy atom. The minimum Gasteiger partial charge on any atom is -0.380 e. The number of rotatable bonds is 6. The molecule has 5 nitrogen and oxygen atoms in total. The van der Waals surface area contributed by atoms with Crippen LogP contribution in [-0.2, 0) is 4.74 Å². The summed E-state index contributed by atoms with van der Waals surface area (Å²) in [6.07, 6.45) is 2.52. The van der Waals surface area contributed by atoms with Gasteiger partial charge in [-0.25, -0.2) is 0 Å². The van der Waals surface area contributed by atoms with Crippen molar-refractivity contribution in [2.45, 2.75) is 25.9 Å². The molecule has 3 rings (SSSR count). The normalized spacial score (nSPS) is 17.3. The van der Waals surface area contributed by atoms with Crippen LogP contribution in [0.3, 0.4) is 0 Å². The first-order valence-electron chi connectivity index (χ1n) is 8.83. The van der Waals surface area contributed by atoms with Crippen LogP contribution in [0.2, 0.25) is 0 Å².